The summed E-state index contributed by atoms with van der Waals surface area (Å²) in [5.74, 6) is 1.12. The molecule has 7 nitrogen and oxygen atoms in total. The highest BCUT2D eigenvalue weighted by Gasteiger charge is 2.14. The lowest BCUT2D eigenvalue weighted by molar-refractivity contribution is 0.247. The average Bonchev–Trinajstić information content (AvgIpc) is 3.21. The standard InChI is InChI=1S/C19H22N6O/c26-19(21-9-13-4-2-1-3-5-13)25-18-7-6-16-17(24-18)8-14(10-20-16)15-11-22-23-12-15/h6-8,10-13H,1-5,9H2,(H,22,23)(H2,21,24,25,26). The zero-order valence-electron chi connectivity index (χ0n) is 14.5. The molecule has 0 spiro atoms. The molecule has 3 N–H and O–H groups in total. The lowest BCUT2D eigenvalue weighted by Crippen LogP contribution is -2.33. The van der Waals surface area contributed by atoms with Crippen LogP contribution in [0.15, 0.2) is 36.8 Å². The van der Waals surface area contributed by atoms with Gasteiger partial charge in [-0.3, -0.25) is 15.4 Å². The summed E-state index contributed by atoms with van der Waals surface area (Å²) in [6.45, 7) is 0.728. The van der Waals surface area contributed by atoms with Crippen LogP contribution in [0, 0.1) is 5.92 Å². The molecule has 1 saturated carbocycles. The summed E-state index contributed by atoms with van der Waals surface area (Å²) in [5, 5.41) is 12.5. The molecule has 0 radical (unpaired) electrons. The van der Waals surface area contributed by atoms with Crippen molar-refractivity contribution in [2.24, 2.45) is 5.92 Å². The van der Waals surface area contributed by atoms with E-state index in [0.29, 0.717) is 11.7 Å². The number of H-pyrrole nitrogens is 1. The Bertz CT molecular complexity index is 886. The predicted octanol–water partition coefficient (Wildman–Crippen LogP) is 3.72. The number of pyridine rings is 2. The molecule has 0 aliphatic heterocycles. The van der Waals surface area contributed by atoms with E-state index >= 15 is 0 Å². The van der Waals surface area contributed by atoms with E-state index in [0.717, 1.165) is 28.7 Å². The molecule has 26 heavy (non-hydrogen) atoms. The maximum atomic E-state index is 12.2. The van der Waals surface area contributed by atoms with Crippen molar-refractivity contribution >= 4 is 22.9 Å². The fourth-order valence-corrected chi connectivity index (χ4v) is 3.43. The molecule has 1 aliphatic carbocycles. The van der Waals surface area contributed by atoms with E-state index in [4.69, 9.17) is 0 Å². The minimum atomic E-state index is -0.207. The molecule has 134 valence electrons. The normalized spacial score (nSPS) is 15.1. The van der Waals surface area contributed by atoms with Crippen molar-refractivity contribution < 1.29 is 4.79 Å². The quantitative estimate of drug-likeness (QED) is 0.668. The molecule has 3 heterocycles. The predicted molar refractivity (Wildman–Crippen MR) is 101 cm³/mol. The molecule has 1 fully saturated rings. The number of carbonyl (C=O) groups is 1. The van der Waals surface area contributed by atoms with Crippen LogP contribution in [0.25, 0.3) is 22.2 Å². The summed E-state index contributed by atoms with van der Waals surface area (Å²) in [6, 6.07) is 5.37. The molecule has 3 aromatic rings. The number of fused-ring (bicyclic) bond motifs is 1. The molecular formula is C19H22N6O. The second-order valence-corrected chi connectivity index (χ2v) is 6.78. The Morgan fingerprint density at radius 2 is 2.00 bits per heavy atom. The van der Waals surface area contributed by atoms with Crippen molar-refractivity contribution in [1.82, 2.24) is 25.5 Å². The first-order chi connectivity index (χ1) is 12.8. The number of rotatable bonds is 4. The smallest absolute Gasteiger partial charge is 0.320 e. The molecule has 3 aromatic heterocycles. The fraction of sp³-hybridized carbons (Fsp3) is 0.368. The summed E-state index contributed by atoms with van der Waals surface area (Å²) >= 11 is 0. The molecule has 7 heteroatoms. The average molecular weight is 350 g/mol. The van der Waals surface area contributed by atoms with E-state index in [1.54, 1.807) is 18.5 Å². The molecule has 4 rings (SSSR count). The zero-order valence-corrected chi connectivity index (χ0v) is 14.5. The first-order valence-electron chi connectivity index (χ1n) is 9.09. The highest BCUT2D eigenvalue weighted by atomic mass is 16.2. The third kappa shape index (κ3) is 3.82. The highest BCUT2D eigenvalue weighted by Crippen LogP contribution is 2.23. The van der Waals surface area contributed by atoms with Crippen LogP contribution in [0.3, 0.4) is 0 Å². The molecule has 0 aromatic carbocycles. The molecule has 0 atom stereocenters. The largest absolute Gasteiger partial charge is 0.338 e. The van der Waals surface area contributed by atoms with Gasteiger partial charge in [0.1, 0.15) is 5.82 Å². The summed E-state index contributed by atoms with van der Waals surface area (Å²) in [5.41, 5.74) is 3.39. The highest BCUT2D eigenvalue weighted by molar-refractivity contribution is 5.90. The number of nitrogens with one attached hydrogen (secondary N) is 3. The maximum Gasteiger partial charge on any atom is 0.320 e. The van der Waals surface area contributed by atoms with Gasteiger partial charge in [0.05, 0.1) is 17.2 Å². The van der Waals surface area contributed by atoms with Crippen LogP contribution in [-0.2, 0) is 0 Å². The maximum absolute atomic E-state index is 12.2. The number of aromatic amines is 1. The van der Waals surface area contributed by atoms with Gasteiger partial charge in [0.2, 0.25) is 0 Å². The second-order valence-electron chi connectivity index (χ2n) is 6.78. The van der Waals surface area contributed by atoms with Crippen molar-refractivity contribution in [2.45, 2.75) is 32.1 Å². The van der Waals surface area contributed by atoms with E-state index in [2.05, 4.69) is 30.8 Å². The third-order valence-corrected chi connectivity index (χ3v) is 4.89. The van der Waals surface area contributed by atoms with Crippen LogP contribution in [-0.4, -0.2) is 32.7 Å². The third-order valence-electron chi connectivity index (χ3n) is 4.89. The number of hydrogen-bond acceptors (Lipinski definition) is 4. The topological polar surface area (TPSA) is 95.6 Å². The number of amides is 2. The van der Waals surface area contributed by atoms with Crippen molar-refractivity contribution in [3.8, 4) is 11.1 Å². The van der Waals surface area contributed by atoms with Crippen LogP contribution in [0.4, 0.5) is 10.6 Å². The Morgan fingerprint density at radius 3 is 2.81 bits per heavy atom. The molecule has 2 amide bonds. The van der Waals surface area contributed by atoms with Crippen molar-refractivity contribution in [2.75, 3.05) is 11.9 Å². The Morgan fingerprint density at radius 1 is 1.12 bits per heavy atom. The van der Waals surface area contributed by atoms with Crippen LogP contribution in [0.1, 0.15) is 32.1 Å². The number of nitrogens with zero attached hydrogens (tertiary/aromatic N) is 3. The van der Waals surface area contributed by atoms with E-state index in [9.17, 15) is 4.79 Å². The monoisotopic (exact) mass is 350 g/mol. The number of carbonyl (C=O) groups excluding carboxylic acids is 1. The molecular weight excluding hydrogens is 328 g/mol. The second kappa shape index (κ2) is 7.51. The van der Waals surface area contributed by atoms with Crippen LogP contribution in [0.5, 0.6) is 0 Å². The lowest BCUT2D eigenvalue weighted by atomic mass is 9.89. The van der Waals surface area contributed by atoms with Gasteiger partial charge in [-0.15, -0.1) is 0 Å². The Labute approximate surface area is 151 Å². The van der Waals surface area contributed by atoms with E-state index in [1.807, 2.05) is 18.3 Å². The summed E-state index contributed by atoms with van der Waals surface area (Å²) in [7, 11) is 0. The summed E-state index contributed by atoms with van der Waals surface area (Å²) < 4.78 is 0. The van der Waals surface area contributed by atoms with Gasteiger partial charge in [-0.2, -0.15) is 5.10 Å². The molecule has 1 aliphatic rings. The first kappa shape index (κ1) is 16.5. The number of aromatic nitrogens is 4. The van der Waals surface area contributed by atoms with E-state index < -0.39 is 0 Å². The minimum absolute atomic E-state index is 0.207. The van der Waals surface area contributed by atoms with E-state index in [-0.39, 0.29) is 6.03 Å². The van der Waals surface area contributed by atoms with Crippen molar-refractivity contribution in [3.63, 3.8) is 0 Å². The van der Waals surface area contributed by atoms with Gasteiger partial charge in [-0.05, 0) is 37.0 Å². The Hall–Kier alpha value is -2.96. The molecule has 0 bridgehead atoms. The number of anilines is 1. The SMILES string of the molecule is O=C(NCC1CCCCC1)Nc1ccc2ncc(-c3cn[nH]c3)cc2n1. The Balaban J connectivity index is 1.43. The lowest BCUT2D eigenvalue weighted by Gasteiger charge is -2.21. The first-order valence-corrected chi connectivity index (χ1v) is 9.09. The number of hydrogen-bond donors (Lipinski definition) is 3. The van der Waals surface area contributed by atoms with Gasteiger partial charge in [0, 0.05) is 30.1 Å². The van der Waals surface area contributed by atoms with Crippen LogP contribution in [0.2, 0.25) is 0 Å². The van der Waals surface area contributed by atoms with Gasteiger partial charge < -0.3 is 5.32 Å². The van der Waals surface area contributed by atoms with Crippen LogP contribution < -0.4 is 10.6 Å². The number of urea groups is 1. The van der Waals surface area contributed by atoms with Gasteiger partial charge in [-0.25, -0.2) is 9.78 Å². The van der Waals surface area contributed by atoms with Crippen molar-refractivity contribution in [3.05, 3.63) is 36.8 Å². The molecule has 0 saturated heterocycles. The Kier molecular flexibility index (Phi) is 4.77. The minimum Gasteiger partial charge on any atom is -0.338 e. The zero-order chi connectivity index (χ0) is 17.8. The van der Waals surface area contributed by atoms with Gasteiger partial charge in [0.15, 0.2) is 0 Å². The fourth-order valence-electron chi connectivity index (χ4n) is 3.43. The van der Waals surface area contributed by atoms with Gasteiger partial charge in [-0.1, -0.05) is 19.3 Å². The molecule has 0 unspecified atom stereocenters. The van der Waals surface area contributed by atoms with Crippen molar-refractivity contribution in [1.29, 1.82) is 0 Å². The summed E-state index contributed by atoms with van der Waals surface area (Å²) in [4.78, 5) is 21.1. The van der Waals surface area contributed by atoms with Gasteiger partial charge in [0.25, 0.3) is 0 Å². The van der Waals surface area contributed by atoms with Gasteiger partial charge >= 0.3 is 6.03 Å². The summed E-state index contributed by atoms with van der Waals surface area (Å²) in [6.07, 6.45) is 11.6. The van der Waals surface area contributed by atoms with Crippen LogP contribution >= 0.6 is 0 Å². The van der Waals surface area contributed by atoms with E-state index in [1.165, 1.54) is 32.1 Å².